The van der Waals surface area contributed by atoms with Gasteiger partial charge in [-0.3, -0.25) is 9.52 Å². The van der Waals surface area contributed by atoms with Crippen LogP contribution in [0.15, 0.2) is 47.4 Å². The maximum atomic E-state index is 12.8. The molecule has 144 valence electrons. The summed E-state index contributed by atoms with van der Waals surface area (Å²) in [6, 6.07) is 11.3. The van der Waals surface area contributed by atoms with Crippen molar-refractivity contribution in [1.82, 2.24) is 4.90 Å². The number of carbonyl (C=O) groups excluding carboxylic acids is 1. The Kier molecular flexibility index (Phi) is 5.77. The molecule has 0 aliphatic carbocycles. The fraction of sp³-hybridized carbons (Fsp3) is 0.350. The second kappa shape index (κ2) is 7.90. The molecule has 27 heavy (non-hydrogen) atoms. The summed E-state index contributed by atoms with van der Waals surface area (Å²) in [5.74, 6) is 0.370. The third kappa shape index (κ3) is 4.62. The topological polar surface area (TPSA) is 66.5 Å². The van der Waals surface area contributed by atoms with Gasteiger partial charge in [0.25, 0.3) is 15.9 Å². The summed E-state index contributed by atoms with van der Waals surface area (Å²) in [4.78, 5) is 14.6. The van der Waals surface area contributed by atoms with Crippen LogP contribution in [0.25, 0.3) is 0 Å². The van der Waals surface area contributed by atoms with Crippen molar-refractivity contribution in [2.75, 3.05) is 17.8 Å². The van der Waals surface area contributed by atoms with Gasteiger partial charge in [-0.1, -0.05) is 30.7 Å². The minimum atomic E-state index is -3.82. The van der Waals surface area contributed by atoms with E-state index in [1.165, 1.54) is 18.2 Å². The Bertz CT molecular complexity index is 951. The summed E-state index contributed by atoms with van der Waals surface area (Å²) in [7, 11) is -3.82. The minimum Gasteiger partial charge on any atom is -0.339 e. The molecule has 2 aromatic rings. The quantitative estimate of drug-likeness (QED) is 0.822. The lowest BCUT2D eigenvalue weighted by Gasteiger charge is -2.30. The number of benzene rings is 2. The van der Waals surface area contributed by atoms with Gasteiger partial charge >= 0.3 is 0 Å². The van der Waals surface area contributed by atoms with E-state index in [0.717, 1.165) is 18.4 Å². The molecule has 0 spiro atoms. The summed E-state index contributed by atoms with van der Waals surface area (Å²) < 4.78 is 28.0. The normalized spacial score (nSPS) is 15.6. The Morgan fingerprint density at radius 3 is 2.52 bits per heavy atom. The molecule has 0 saturated carbocycles. The van der Waals surface area contributed by atoms with Crippen LogP contribution in [-0.2, 0) is 10.0 Å². The molecular weight excluding hydrogens is 384 g/mol. The predicted octanol–water partition coefficient (Wildman–Crippen LogP) is 4.32. The predicted molar refractivity (Wildman–Crippen MR) is 108 cm³/mol. The smallest absolute Gasteiger partial charge is 0.261 e. The van der Waals surface area contributed by atoms with Crippen molar-refractivity contribution in [3.8, 4) is 0 Å². The zero-order valence-electron chi connectivity index (χ0n) is 15.4. The number of nitrogens with one attached hydrogen (secondary N) is 1. The Labute approximate surface area is 165 Å². The van der Waals surface area contributed by atoms with Gasteiger partial charge < -0.3 is 4.90 Å². The number of anilines is 1. The zero-order valence-corrected chi connectivity index (χ0v) is 17.0. The van der Waals surface area contributed by atoms with Crippen molar-refractivity contribution in [1.29, 1.82) is 0 Å². The number of piperidine rings is 1. The van der Waals surface area contributed by atoms with E-state index in [-0.39, 0.29) is 21.4 Å². The number of hydrogen-bond donors (Lipinski definition) is 1. The summed E-state index contributed by atoms with van der Waals surface area (Å²) in [5.41, 5.74) is 1.64. The Hall–Kier alpha value is -2.05. The van der Waals surface area contributed by atoms with Crippen LogP contribution < -0.4 is 4.72 Å². The van der Waals surface area contributed by atoms with E-state index in [0.29, 0.717) is 24.7 Å². The average molecular weight is 407 g/mol. The molecule has 1 fully saturated rings. The number of aryl methyl sites for hydroxylation is 1. The number of hydrogen-bond acceptors (Lipinski definition) is 3. The standard InChI is InChI=1S/C20H23ClN2O3S/c1-14-8-10-23(11-9-14)20(24)18-13-17(6-7-19(18)21)27(25,26)22-16-5-3-4-15(2)12-16/h3-7,12-14,22H,8-11H2,1-2H3. The van der Waals surface area contributed by atoms with Crippen LogP contribution in [0, 0.1) is 12.8 Å². The first kappa shape index (κ1) is 19.7. The zero-order chi connectivity index (χ0) is 19.6. The number of amides is 1. The molecule has 0 unspecified atom stereocenters. The van der Waals surface area contributed by atoms with E-state index in [9.17, 15) is 13.2 Å². The molecule has 0 aromatic heterocycles. The second-order valence-corrected chi connectivity index (χ2v) is 9.18. The van der Waals surface area contributed by atoms with Crippen molar-refractivity contribution in [3.05, 3.63) is 58.6 Å². The lowest BCUT2D eigenvalue weighted by molar-refractivity contribution is 0.0697. The van der Waals surface area contributed by atoms with Gasteiger partial charge in [-0.2, -0.15) is 0 Å². The lowest BCUT2D eigenvalue weighted by atomic mass is 9.98. The molecule has 0 atom stereocenters. The van der Waals surface area contributed by atoms with Crippen LogP contribution in [0.3, 0.4) is 0 Å². The van der Waals surface area contributed by atoms with E-state index >= 15 is 0 Å². The number of likely N-dealkylation sites (tertiary alicyclic amines) is 1. The molecule has 2 aromatic carbocycles. The first-order valence-corrected chi connectivity index (χ1v) is 10.8. The van der Waals surface area contributed by atoms with Gasteiger partial charge in [0.05, 0.1) is 15.5 Å². The fourth-order valence-corrected chi connectivity index (χ4v) is 4.41. The molecule has 1 heterocycles. The van der Waals surface area contributed by atoms with Gasteiger partial charge in [-0.25, -0.2) is 8.42 Å². The average Bonchev–Trinajstić information content (AvgIpc) is 2.61. The van der Waals surface area contributed by atoms with E-state index in [4.69, 9.17) is 11.6 Å². The van der Waals surface area contributed by atoms with E-state index in [1.54, 1.807) is 23.1 Å². The Morgan fingerprint density at radius 1 is 1.15 bits per heavy atom. The maximum Gasteiger partial charge on any atom is 0.261 e. The molecule has 3 rings (SSSR count). The van der Waals surface area contributed by atoms with Crippen LogP contribution in [0.2, 0.25) is 5.02 Å². The molecule has 0 radical (unpaired) electrons. The number of rotatable bonds is 4. The summed E-state index contributed by atoms with van der Waals surface area (Å²) in [5, 5.41) is 0.258. The van der Waals surface area contributed by atoms with Crippen LogP contribution >= 0.6 is 11.6 Å². The van der Waals surface area contributed by atoms with Crippen molar-refractivity contribution in [2.45, 2.75) is 31.6 Å². The van der Waals surface area contributed by atoms with Crippen LogP contribution in [0.4, 0.5) is 5.69 Å². The number of sulfonamides is 1. The summed E-state index contributed by atoms with van der Waals surface area (Å²) >= 11 is 6.21. The van der Waals surface area contributed by atoms with E-state index in [2.05, 4.69) is 11.6 Å². The number of halogens is 1. The molecule has 5 nitrogen and oxygen atoms in total. The fourth-order valence-electron chi connectivity index (χ4n) is 3.14. The SMILES string of the molecule is Cc1cccc(NS(=O)(=O)c2ccc(Cl)c(C(=O)N3CCC(C)CC3)c2)c1. The van der Waals surface area contributed by atoms with Gasteiger partial charge in [-0.15, -0.1) is 0 Å². The molecule has 1 saturated heterocycles. The monoisotopic (exact) mass is 406 g/mol. The van der Waals surface area contributed by atoms with Crippen LogP contribution in [0.5, 0.6) is 0 Å². The van der Waals surface area contributed by atoms with E-state index < -0.39 is 10.0 Å². The molecule has 1 N–H and O–H groups in total. The molecule has 1 aliphatic rings. The van der Waals surface area contributed by atoms with Crippen molar-refractivity contribution < 1.29 is 13.2 Å². The summed E-state index contributed by atoms with van der Waals surface area (Å²) in [6.45, 7) is 5.37. The molecule has 1 amide bonds. The highest BCUT2D eigenvalue weighted by Crippen LogP contribution is 2.26. The molecule has 7 heteroatoms. The highest BCUT2D eigenvalue weighted by atomic mass is 35.5. The minimum absolute atomic E-state index is 0.0159. The second-order valence-electron chi connectivity index (χ2n) is 7.09. The first-order valence-electron chi connectivity index (χ1n) is 8.94. The Morgan fingerprint density at radius 2 is 1.85 bits per heavy atom. The third-order valence-corrected chi connectivity index (χ3v) is 6.53. The highest BCUT2D eigenvalue weighted by Gasteiger charge is 2.25. The van der Waals surface area contributed by atoms with Crippen LogP contribution in [-0.4, -0.2) is 32.3 Å². The van der Waals surface area contributed by atoms with Gasteiger partial charge in [0.1, 0.15) is 0 Å². The van der Waals surface area contributed by atoms with Gasteiger partial charge in [0, 0.05) is 18.8 Å². The third-order valence-electron chi connectivity index (χ3n) is 4.82. The Balaban J connectivity index is 1.87. The van der Waals surface area contributed by atoms with Crippen molar-refractivity contribution in [3.63, 3.8) is 0 Å². The van der Waals surface area contributed by atoms with Crippen molar-refractivity contribution in [2.24, 2.45) is 5.92 Å². The van der Waals surface area contributed by atoms with E-state index in [1.807, 2.05) is 13.0 Å². The largest absolute Gasteiger partial charge is 0.339 e. The summed E-state index contributed by atoms with van der Waals surface area (Å²) in [6.07, 6.45) is 1.88. The maximum absolute atomic E-state index is 12.8. The number of nitrogens with zero attached hydrogens (tertiary/aromatic N) is 1. The first-order chi connectivity index (χ1) is 12.8. The van der Waals surface area contributed by atoms with Crippen LogP contribution in [0.1, 0.15) is 35.7 Å². The van der Waals surface area contributed by atoms with Gasteiger partial charge in [0.2, 0.25) is 0 Å². The lowest BCUT2D eigenvalue weighted by Crippen LogP contribution is -2.38. The molecular formula is C20H23ClN2O3S. The molecule has 0 bridgehead atoms. The number of carbonyl (C=O) groups is 1. The van der Waals surface area contributed by atoms with Gasteiger partial charge in [-0.05, 0) is 61.6 Å². The highest BCUT2D eigenvalue weighted by molar-refractivity contribution is 7.92. The van der Waals surface area contributed by atoms with Crippen molar-refractivity contribution >= 4 is 33.2 Å². The van der Waals surface area contributed by atoms with Gasteiger partial charge in [0.15, 0.2) is 0 Å². The molecule has 1 aliphatic heterocycles.